The Labute approximate surface area is 172 Å². The van der Waals surface area contributed by atoms with Gasteiger partial charge in [0.15, 0.2) is 11.5 Å². The first-order chi connectivity index (χ1) is 13.7. The third-order valence-electron chi connectivity index (χ3n) is 5.04. The summed E-state index contributed by atoms with van der Waals surface area (Å²) in [7, 11) is 0. The van der Waals surface area contributed by atoms with Gasteiger partial charge in [-0.15, -0.1) is 0 Å². The fraction of sp³-hybridized carbons (Fsp3) is 0.400. The lowest BCUT2D eigenvalue weighted by atomic mass is 9.74. The van der Waals surface area contributed by atoms with Crippen LogP contribution in [0.1, 0.15) is 42.0 Å². The van der Waals surface area contributed by atoms with Gasteiger partial charge >= 0.3 is 0 Å². The maximum atomic E-state index is 15.6. The van der Waals surface area contributed by atoms with Crippen molar-refractivity contribution in [3.63, 3.8) is 0 Å². The number of halogens is 3. The molecule has 0 spiro atoms. The van der Waals surface area contributed by atoms with Crippen molar-refractivity contribution in [2.45, 2.75) is 37.9 Å². The Kier molecular flexibility index (Phi) is 5.95. The van der Waals surface area contributed by atoms with Crippen molar-refractivity contribution in [2.24, 2.45) is 10.7 Å². The van der Waals surface area contributed by atoms with E-state index in [2.05, 4.69) is 15.0 Å². The van der Waals surface area contributed by atoms with Crippen LogP contribution in [0.4, 0.5) is 8.78 Å². The maximum absolute atomic E-state index is 15.6. The zero-order valence-corrected chi connectivity index (χ0v) is 16.8. The standard InChI is InChI=1S/C20H21ClF2N4O2/c1-3-20(19(2,23)11-29-10-17(24)27-20)14-6-12(4-5-15(14)22)7-16(28)18-25-8-13(21)9-26-18/h4-6,8-9H,3,7,10-11H2,1-2H3,(H2,24,27)/t19?,20-/m1/s1. The van der Waals surface area contributed by atoms with Gasteiger partial charge in [0.05, 0.1) is 11.6 Å². The first kappa shape index (κ1) is 21.3. The van der Waals surface area contributed by atoms with Crippen LogP contribution in [0.5, 0.6) is 0 Å². The van der Waals surface area contributed by atoms with Crippen molar-refractivity contribution in [3.8, 4) is 0 Å². The van der Waals surface area contributed by atoms with E-state index in [1.54, 1.807) is 6.92 Å². The molecule has 29 heavy (non-hydrogen) atoms. The number of Topliss-reactive ketones (excluding diaryl/α,β-unsaturated/α-hetero) is 1. The largest absolute Gasteiger partial charge is 0.386 e. The third-order valence-corrected chi connectivity index (χ3v) is 5.24. The Morgan fingerprint density at radius 3 is 2.69 bits per heavy atom. The summed E-state index contributed by atoms with van der Waals surface area (Å²) in [5, 5.41) is 0.309. The molecule has 2 N–H and O–H groups in total. The number of hydrogen-bond acceptors (Lipinski definition) is 6. The summed E-state index contributed by atoms with van der Waals surface area (Å²) in [5.41, 5.74) is 2.78. The second-order valence-corrected chi connectivity index (χ2v) is 7.58. The lowest BCUT2D eigenvalue weighted by Gasteiger charge is -2.39. The van der Waals surface area contributed by atoms with Gasteiger partial charge in [0.2, 0.25) is 5.78 Å². The number of aliphatic imine (C=N–C) groups is 1. The minimum atomic E-state index is -2.01. The number of amidine groups is 1. The van der Waals surface area contributed by atoms with Crippen molar-refractivity contribution < 1.29 is 18.3 Å². The Morgan fingerprint density at radius 1 is 1.34 bits per heavy atom. The number of hydrogen-bond donors (Lipinski definition) is 1. The number of nitrogens with two attached hydrogens (primary N) is 1. The van der Waals surface area contributed by atoms with Crippen LogP contribution in [-0.2, 0) is 16.7 Å². The van der Waals surface area contributed by atoms with Gasteiger partial charge in [-0.2, -0.15) is 0 Å². The quantitative estimate of drug-likeness (QED) is 0.745. The van der Waals surface area contributed by atoms with Crippen molar-refractivity contribution in [1.82, 2.24) is 9.97 Å². The second kappa shape index (κ2) is 8.12. The highest BCUT2D eigenvalue weighted by molar-refractivity contribution is 6.30. The molecule has 0 aliphatic carbocycles. The van der Waals surface area contributed by atoms with Crippen LogP contribution in [0, 0.1) is 5.82 Å². The molecule has 0 saturated carbocycles. The molecule has 9 heteroatoms. The number of nitrogens with zero attached hydrogens (tertiary/aromatic N) is 3. The minimum absolute atomic E-state index is 0.00839. The molecule has 6 nitrogen and oxygen atoms in total. The van der Waals surface area contributed by atoms with E-state index in [-0.39, 0.29) is 49.1 Å². The zero-order chi connectivity index (χ0) is 21.2. The van der Waals surface area contributed by atoms with E-state index in [1.807, 2.05) is 0 Å². The summed E-state index contributed by atoms with van der Waals surface area (Å²) < 4.78 is 35.8. The molecule has 0 saturated heterocycles. The third kappa shape index (κ3) is 4.13. The SMILES string of the molecule is CC[C@]1(c2cc(CC(=O)c3ncc(Cl)cn3)ccc2F)N=C(N)COCC1(C)F. The molecule has 154 valence electrons. The summed E-state index contributed by atoms with van der Waals surface area (Å²) in [6, 6.07) is 4.12. The average molecular weight is 423 g/mol. The van der Waals surface area contributed by atoms with E-state index >= 15 is 4.39 Å². The molecule has 0 radical (unpaired) electrons. The molecule has 1 aliphatic rings. The van der Waals surface area contributed by atoms with Crippen molar-refractivity contribution in [2.75, 3.05) is 13.2 Å². The minimum Gasteiger partial charge on any atom is -0.386 e. The smallest absolute Gasteiger partial charge is 0.204 e. The van der Waals surface area contributed by atoms with Crippen LogP contribution in [0.25, 0.3) is 0 Å². The predicted molar refractivity (Wildman–Crippen MR) is 105 cm³/mol. The van der Waals surface area contributed by atoms with Gasteiger partial charge in [-0.1, -0.05) is 24.6 Å². The molecular weight excluding hydrogens is 402 g/mol. The van der Waals surface area contributed by atoms with Gasteiger partial charge < -0.3 is 10.5 Å². The Balaban J connectivity index is 2.02. The average Bonchev–Trinajstić information content (AvgIpc) is 2.79. The van der Waals surface area contributed by atoms with E-state index in [9.17, 15) is 9.18 Å². The van der Waals surface area contributed by atoms with Crippen LogP contribution in [0.15, 0.2) is 35.6 Å². The summed E-state index contributed by atoms with van der Waals surface area (Å²) in [5.74, 6) is -0.928. The molecule has 1 unspecified atom stereocenters. The number of carbonyl (C=O) groups is 1. The van der Waals surface area contributed by atoms with Crippen LogP contribution in [0.2, 0.25) is 5.02 Å². The molecule has 2 atom stereocenters. The molecule has 1 aliphatic heterocycles. The lowest BCUT2D eigenvalue weighted by molar-refractivity contribution is -0.00941. The Bertz CT molecular complexity index is 950. The lowest BCUT2D eigenvalue weighted by Crippen LogP contribution is -2.48. The first-order valence-corrected chi connectivity index (χ1v) is 9.47. The van der Waals surface area contributed by atoms with Gasteiger partial charge in [0.1, 0.15) is 23.8 Å². The van der Waals surface area contributed by atoms with Crippen LogP contribution < -0.4 is 5.73 Å². The molecule has 2 aromatic rings. The Morgan fingerprint density at radius 2 is 2.03 bits per heavy atom. The van der Waals surface area contributed by atoms with E-state index in [0.29, 0.717) is 10.6 Å². The van der Waals surface area contributed by atoms with E-state index in [1.165, 1.54) is 37.5 Å². The number of benzene rings is 1. The highest BCUT2D eigenvalue weighted by atomic mass is 35.5. The van der Waals surface area contributed by atoms with Crippen LogP contribution in [0.3, 0.4) is 0 Å². The molecule has 1 aromatic carbocycles. The maximum Gasteiger partial charge on any atom is 0.204 e. The van der Waals surface area contributed by atoms with Gasteiger partial charge in [-0.3, -0.25) is 9.79 Å². The van der Waals surface area contributed by atoms with Crippen molar-refractivity contribution >= 4 is 23.2 Å². The first-order valence-electron chi connectivity index (χ1n) is 9.09. The fourth-order valence-electron chi connectivity index (χ4n) is 3.56. The zero-order valence-electron chi connectivity index (χ0n) is 16.1. The summed E-state index contributed by atoms with van der Waals surface area (Å²) in [4.78, 5) is 24.6. The predicted octanol–water partition coefficient (Wildman–Crippen LogP) is 3.42. The topological polar surface area (TPSA) is 90.5 Å². The monoisotopic (exact) mass is 422 g/mol. The van der Waals surface area contributed by atoms with Crippen molar-refractivity contribution in [3.05, 3.63) is 58.4 Å². The Hall–Kier alpha value is -2.45. The molecule has 0 fully saturated rings. The van der Waals surface area contributed by atoms with Gasteiger partial charge in [-0.05, 0) is 31.0 Å². The number of carbonyl (C=O) groups excluding carboxylic acids is 1. The van der Waals surface area contributed by atoms with Crippen LogP contribution in [-0.4, -0.2) is 40.5 Å². The van der Waals surface area contributed by atoms with E-state index in [0.717, 1.165) is 0 Å². The molecule has 0 bridgehead atoms. The number of rotatable bonds is 5. The number of alkyl halides is 1. The number of ketones is 1. The van der Waals surface area contributed by atoms with Gasteiger partial charge in [-0.25, -0.2) is 18.7 Å². The normalized spacial score (nSPS) is 24.7. The summed E-state index contributed by atoms with van der Waals surface area (Å²) >= 11 is 5.74. The highest BCUT2D eigenvalue weighted by Crippen LogP contribution is 2.45. The molecule has 3 rings (SSSR count). The fourth-order valence-corrected chi connectivity index (χ4v) is 3.66. The summed E-state index contributed by atoms with van der Waals surface area (Å²) in [6.45, 7) is 2.71. The number of ether oxygens (including phenoxy) is 1. The summed E-state index contributed by atoms with van der Waals surface area (Å²) in [6.07, 6.45) is 2.70. The van der Waals surface area contributed by atoms with E-state index < -0.39 is 17.0 Å². The second-order valence-electron chi connectivity index (χ2n) is 7.15. The molecule has 1 aromatic heterocycles. The van der Waals surface area contributed by atoms with E-state index in [4.69, 9.17) is 22.1 Å². The van der Waals surface area contributed by atoms with Gasteiger partial charge in [0.25, 0.3) is 0 Å². The van der Waals surface area contributed by atoms with Crippen LogP contribution >= 0.6 is 11.6 Å². The molecular formula is C20H21ClF2N4O2. The van der Waals surface area contributed by atoms with Crippen molar-refractivity contribution in [1.29, 1.82) is 0 Å². The number of aromatic nitrogens is 2. The highest BCUT2D eigenvalue weighted by Gasteiger charge is 2.52. The van der Waals surface area contributed by atoms with Gasteiger partial charge in [0, 0.05) is 24.4 Å². The molecule has 2 heterocycles. The molecule has 0 amide bonds.